The second kappa shape index (κ2) is 11.0. The third kappa shape index (κ3) is 6.01. The van der Waals surface area contributed by atoms with Crippen molar-refractivity contribution in [3.63, 3.8) is 0 Å². The molecular weight excluding hydrogens is 453 g/mol. The Kier molecular flexibility index (Phi) is 7.35. The summed E-state index contributed by atoms with van der Waals surface area (Å²) in [5, 5.41) is 12.5. The van der Waals surface area contributed by atoms with Gasteiger partial charge in [-0.05, 0) is 36.4 Å². The Morgan fingerprint density at radius 2 is 1.86 bits per heavy atom. The molecule has 0 fully saturated rings. The summed E-state index contributed by atoms with van der Waals surface area (Å²) in [6.07, 6.45) is -0.819. The van der Waals surface area contributed by atoms with E-state index in [0.29, 0.717) is 29.2 Å². The van der Waals surface area contributed by atoms with Crippen molar-refractivity contribution in [2.45, 2.75) is 0 Å². The number of rotatable bonds is 8. The second-order valence-electron chi connectivity index (χ2n) is 7.21. The van der Waals surface area contributed by atoms with Gasteiger partial charge in [0.25, 0.3) is 0 Å². The van der Waals surface area contributed by atoms with E-state index in [9.17, 15) is 14.4 Å². The molecule has 4 rings (SSSR count). The Morgan fingerprint density at radius 1 is 1.03 bits per heavy atom. The molecule has 0 saturated heterocycles. The highest BCUT2D eigenvalue weighted by Crippen LogP contribution is 2.29. The minimum absolute atomic E-state index is 0.0633. The van der Waals surface area contributed by atoms with Crippen LogP contribution >= 0.6 is 0 Å². The lowest BCUT2D eigenvalue weighted by Gasteiger charge is -2.11. The van der Waals surface area contributed by atoms with Gasteiger partial charge in [-0.25, -0.2) is 14.2 Å². The number of aromatic nitrogens is 1. The zero-order chi connectivity index (χ0) is 24.6. The SMILES string of the molecule is COCCOc1cc2nc(Oc3ccc(NC(=O)Oc4ccccc4)c(F)c3)ccc2cc1C#N. The molecule has 3 aromatic carbocycles. The molecule has 0 aliphatic carbocycles. The minimum Gasteiger partial charge on any atom is -0.490 e. The normalized spacial score (nSPS) is 10.4. The molecule has 4 aromatic rings. The Balaban J connectivity index is 1.47. The summed E-state index contributed by atoms with van der Waals surface area (Å²) in [6.45, 7) is 0.658. The lowest BCUT2D eigenvalue weighted by Crippen LogP contribution is -2.17. The molecule has 1 amide bonds. The van der Waals surface area contributed by atoms with Crippen LogP contribution in [-0.4, -0.2) is 31.4 Å². The molecule has 1 N–H and O–H groups in total. The number of nitrogens with one attached hydrogen (secondary N) is 1. The molecule has 1 heterocycles. The Morgan fingerprint density at radius 3 is 2.60 bits per heavy atom. The second-order valence-corrected chi connectivity index (χ2v) is 7.21. The highest BCUT2D eigenvalue weighted by molar-refractivity contribution is 5.86. The van der Waals surface area contributed by atoms with Crippen LogP contribution in [0.4, 0.5) is 14.9 Å². The number of halogens is 1. The van der Waals surface area contributed by atoms with Crippen LogP contribution in [0.25, 0.3) is 10.9 Å². The smallest absolute Gasteiger partial charge is 0.417 e. The first-order valence-corrected chi connectivity index (χ1v) is 10.5. The van der Waals surface area contributed by atoms with Crippen molar-refractivity contribution in [1.82, 2.24) is 4.98 Å². The molecule has 0 atom stereocenters. The zero-order valence-corrected chi connectivity index (χ0v) is 18.7. The quantitative estimate of drug-likeness (QED) is 0.329. The van der Waals surface area contributed by atoms with Gasteiger partial charge in [0.05, 0.1) is 23.4 Å². The first kappa shape index (κ1) is 23.5. The molecule has 0 aliphatic heterocycles. The number of carbonyl (C=O) groups is 1. The number of pyridine rings is 1. The number of nitrogens with zero attached hydrogens (tertiary/aromatic N) is 2. The van der Waals surface area contributed by atoms with Gasteiger partial charge in [-0.3, -0.25) is 5.32 Å². The lowest BCUT2D eigenvalue weighted by atomic mass is 10.1. The number of amides is 1. The number of para-hydroxylation sites is 1. The fourth-order valence-corrected chi connectivity index (χ4v) is 3.14. The van der Waals surface area contributed by atoms with Gasteiger partial charge in [-0.15, -0.1) is 0 Å². The monoisotopic (exact) mass is 473 g/mol. The third-order valence-electron chi connectivity index (χ3n) is 4.78. The van der Waals surface area contributed by atoms with Gasteiger partial charge in [0.15, 0.2) is 5.82 Å². The van der Waals surface area contributed by atoms with E-state index in [-0.39, 0.29) is 23.9 Å². The molecule has 8 nitrogen and oxygen atoms in total. The van der Waals surface area contributed by atoms with Crippen molar-refractivity contribution in [3.8, 4) is 29.2 Å². The maximum Gasteiger partial charge on any atom is 0.417 e. The zero-order valence-electron chi connectivity index (χ0n) is 18.7. The Labute approximate surface area is 200 Å². The summed E-state index contributed by atoms with van der Waals surface area (Å²) in [4.78, 5) is 16.4. The molecule has 9 heteroatoms. The molecule has 0 bridgehead atoms. The van der Waals surface area contributed by atoms with Crippen molar-refractivity contribution >= 4 is 22.7 Å². The minimum atomic E-state index is -0.819. The molecule has 0 unspecified atom stereocenters. The van der Waals surface area contributed by atoms with Gasteiger partial charge in [0, 0.05) is 30.7 Å². The number of nitriles is 1. The van der Waals surface area contributed by atoms with Crippen LogP contribution in [0, 0.1) is 17.1 Å². The molecule has 176 valence electrons. The van der Waals surface area contributed by atoms with E-state index in [2.05, 4.69) is 16.4 Å². The van der Waals surface area contributed by atoms with Crippen LogP contribution in [0.15, 0.2) is 72.8 Å². The fraction of sp³-hybridized carbons (Fsp3) is 0.115. The van der Waals surface area contributed by atoms with Crippen molar-refractivity contribution in [1.29, 1.82) is 5.26 Å². The van der Waals surface area contributed by atoms with Gasteiger partial charge >= 0.3 is 6.09 Å². The third-order valence-corrected chi connectivity index (χ3v) is 4.78. The first-order chi connectivity index (χ1) is 17.1. The Bertz CT molecular complexity index is 1390. The maximum absolute atomic E-state index is 14.6. The number of methoxy groups -OCH3 is 1. The highest BCUT2D eigenvalue weighted by atomic mass is 19.1. The number of hydrogen-bond donors (Lipinski definition) is 1. The summed E-state index contributed by atoms with van der Waals surface area (Å²) in [7, 11) is 1.56. The predicted octanol–water partition coefficient (Wildman–Crippen LogP) is 5.67. The van der Waals surface area contributed by atoms with E-state index in [1.54, 1.807) is 61.7 Å². The van der Waals surface area contributed by atoms with E-state index >= 15 is 0 Å². The number of carbonyl (C=O) groups excluding carboxylic acids is 1. The summed E-state index contributed by atoms with van der Waals surface area (Å²) in [6, 6.07) is 21.2. The molecule has 0 aliphatic rings. The van der Waals surface area contributed by atoms with Crippen molar-refractivity contribution < 1.29 is 28.1 Å². The molecule has 0 saturated carbocycles. The number of ether oxygens (including phenoxy) is 4. The molecule has 0 radical (unpaired) electrons. The molecule has 1 aromatic heterocycles. The Hall–Kier alpha value is -4.68. The van der Waals surface area contributed by atoms with Crippen LogP contribution in [0.2, 0.25) is 0 Å². The van der Waals surface area contributed by atoms with Crippen molar-refractivity contribution in [2.24, 2.45) is 0 Å². The van der Waals surface area contributed by atoms with E-state index < -0.39 is 11.9 Å². The van der Waals surface area contributed by atoms with Gasteiger partial charge < -0.3 is 18.9 Å². The van der Waals surface area contributed by atoms with Crippen LogP contribution in [0.3, 0.4) is 0 Å². The van der Waals surface area contributed by atoms with Crippen LogP contribution in [0.5, 0.6) is 23.1 Å². The van der Waals surface area contributed by atoms with Crippen molar-refractivity contribution in [3.05, 3.63) is 84.2 Å². The molecule has 0 spiro atoms. The van der Waals surface area contributed by atoms with Crippen LogP contribution in [0.1, 0.15) is 5.56 Å². The predicted molar refractivity (Wildman–Crippen MR) is 126 cm³/mol. The van der Waals surface area contributed by atoms with E-state index in [1.165, 1.54) is 12.1 Å². The average molecular weight is 473 g/mol. The van der Waals surface area contributed by atoms with Gasteiger partial charge in [0.1, 0.15) is 29.9 Å². The number of hydrogen-bond acceptors (Lipinski definition) is 7. The maximum atomic E-state index is 14.6. The van der Waals surface area contributed by atoms with Crippen molar-refractivity contribution in [2.75, 3.05) is 25.6 Å². The molecular formula is C26H20FN3O5. The summed E-state index contributed by atoms with van der Waals surface area (Å²) >= 11 is 0. The number of anilines is 1. The fourth-order valence-electron chi connectivity index (χ4n) is 3.14. The van der Waals surface area contributed by atoms with Gasteiger partial charge in [-0.2, -0.15) is 5.26 Å². The summed E-state index contributed by atoms with van der Waals surface area (Å²) in [5.41, 5.74) is 0.850. The standard InChI is InChI=1S/C26H20FN3O5/c1-32-11-12-33-24-15-23-17(13-18(24)16-28)7-10-25(29-23)34-20-8-9-22(21(27)14-20)30-26(31)35-19-5-3-2-4-6-19/h2-10,13-15H,11-12H2,1H3,(H,30,31). The largest absolute Gasteiger partial charge is 0.490 e. The summed E-state index contributed by atoms with van der Waals surface area (Å²) in [5.74, 6) is 0.406. The molecule has 35 heavy (non-hydrogen) atoms. The van der Waals surface area contributed by atoms with E-state index in [1.807, 2.05) is 0 Å². The van der Waals surface area contributed by atoms with Crippen LogP contribution < -0.4 is 19.5 Å². The first-order valence-electron chi connectivity index (χ1n) is 10.5. The summed E-state index contributed by atoms with van der Waals surface area (Å²) < 4.78 is 35.9. The van der Waals surface area contributed by atoms with E-state index in [4.69, 9.17) is 18.9 Å². The van der Waals surface area contributed by atoms with Gasteiger partial charge in [0.2, 0.25) is 5.88 Å². The number of benzene rings is 3. The van der Waals surface area contributed by atoms with E-state index in [0.717, 1.165) is 11.5 Å². The lowest BCUT2D eigenvalue weighted by molar-refractivity contribution is 0.146. The topological polar surface area (TPSA) is 103 Å². The van der Waals surface area contributed by atoms with Gasteiger partial charge in [-0.1, -0.05) is 18.2 Å². The number of fused-ring (bicyclic) bond motifs is 1. The van der Waals surface area contributed by atoms with Crippen LogP contribution in [-0.2, 0) is 4.74 Å². The average Bonchev–Trinajstić information content (AvgIpc) is 2.86. The highest BCUT2D eigenvalue weighted by Gasteiger charge is 2.12.